The quantitative estimate of drug-likeness (QED) is 0.0169. The summed E-state index contributed by atoms with van der Waals surface area (Å²) in [7, 11) is 0. The van der Waals surface area contributed by atoms with E-state index >= 15 is 0 Å². The highest BCUT2D eigenvalue weighted by atomic mass is 16.7. The maximum absolute atomic E-state index is 13.2. The first kappa shape index (κ1) is 66.5. The minimum absolute atomic E-state index is 1.22. The lowest BCUT2D eigenvalue weighted by Crippen LogP contribution is -2.58. The second kappa shape index (κ2) is 29.5. The number of hydrogen-bond acceptors (Lipinski definition) is 36. The van der Waals surface area contributed by atoms with Crippen LogP contribution in [-0.2, 0) is 42.9 Å². The zero-order valence-electron chi connectivity index (χ0n) is 36.7. The average molecular weight is 1070 g/mol. The topological polar surface area (TPSA) is 668 Å². The number of aliphatic hydroxyl groups is 27. The molecule has 0 bridgehead atoms. The van der Waals surface area contributed by atoms with Gasteiger partial charge in [0.2, 0.25) is 6.10 Å². The number of ketones is 1. The first-order valence-electron chi connectivity index (χ1n) is 20.7. The van der Waals surface area contributed by atoms with Crippen LogP contribution >= 0.6 is 0 Å². The van der Waals surface area contributed by atoms with Crippen molar-refractivity contribution in [1.82, 2.24) is 0 Å². The van der Waals surface area contributed by atoms with Gasteiger partial charge >= 0.3 is 23.9 Å². The first-order chi connectivity index (χ1) is 33.2. The van der Waals surface area contributed by atoms with Gasteiger partial charge in [-0.05, 0) is 0 Å². The molecule has 27 N–H and O–H groups in total. The highest BCUT2D eigenvalue weighted by Gasteiger charge is 2.54. The molecule has 1 heterocycles. The normalized spacial score (nSPS) is 26.0. The summed E-state index contributed by atoms with van der Waals surface area (Å²) < 4.78 is 18.8. The average Bonchev–Trinajstić information content (AvgIpc) is 3.66. The molecular weight excluding hydrogens is 1010 g/mol. The van der Waals surface area contributed by atoms with Crippen molar-refractivity contribution in [2.75, 3.05) is 26.4 Å². The van der Waals surface area contributed by atoms with Crippen LogP contribution in [0.3, 0.4) is 0 Å². The number of Topliss-reactive ketones (excluding diaryl/α,β-unsaturated/α-hetero) is 1. The minimum atomic E-state index is -3.24. The van der Waals surface area contributed by atoms with Crippen LogP contribution in [0.15, 0.2) is 0 Å². The third kappa shape index (κ3) is 16.5. The SMILES string of the molecule is O=C1O[C@H]([C@H](COC(=O)C(O)C(O)C(O)C(O)C(O)C(O)C(O)C(O)CO)OC(=O)C(O)C(O)C(O)C(O)C(O)C(O)C(O)C(O)CO)C(OC(=O)C(O)C(O)C(O)C(O)C(O)C(O)C(O)C(O)CO)C1=O. The maximum atomic E-state index is 13.2. The number of cyclic esters (lactones) is 1. The van der Waals surface area contributed by atoms with Crippen LogP contribution in [-0.4, -0.2) is 359 Å². The van der Waals surface area contributed by atoms with Crippen LogP contribution in [0.1, 0.15) is 0 Å². The third-order valence-electron chi connectivity index (χ3n) is 11.0. The number of hydrogen-bond donors (Lipinski definition) is 27. The van der Waals surface area contributed by atoms with Gasteiger partial charge < -0.3 is 157 Å². The van der Waals surface area contributed by atoms with E-state index in [1.807, 2.05) is 0 Å². The van der Waals surface area contributed by atoms with Crippen LogP contribution in [0.5, 0.6) is 0 Å². The summed E-state index contributed by atoms with van der Waals surface area (Å²) >= 11 is 0. The molecule has 1 saturated heterocycles. The van der Waals surface area contributed by atoms with Gasteiger partial charge in [-0.2, -0.15) is 0 Å². The summed E-state index contributed by atoms with van der Waals surface area (Å²) in [6, 6.07) is 0. The van der Waals surface area contributed by atoms with E-state index in [0.717, 1.165) is 0 Å². The molecule has 27 atom stereocenters. The predicted octanol–water partition coefficient (Wildman–Crippen LogP) is -19.5. The van der Waals surface area contributed by atoms with Gasteiger partial charge in [-0.3, -0.25) is 4.79 Å². The van der Waals surface area contributed by atoms with E-state index in [4.69, 9.17) is 20.1 Å². The van der Waals surface area contributed by atoms with Crippen molar-refractivity contribution in [1.29, 1.82) is 0 Å². The molecule has 0 aromatic carbocycles. The molecule has 72 heavy (non-hydrogen) atoms. The van der Waals surface area contributed by atoms with Crippen LogP contribution in [0.4, 0.5) is 0 Å². The highest BCUT2D eigenvalue weighted by Crippen LogP contribution is 2.25. The summed E-state index contributed by atoms with van der Waals surface area (Å²) in [5, 5.41) is 269. The van der Waals surface area contributed by atoms with Crippen molar-refractivity contribution in [2.45, 2.75) is 165 Å². The summed E-state index contributed by atoms with van der Waals surface area (Å²) in [5.41, 5.74) is 0. The molecular formula is C36H62O36. The van der Waals surface area contributed by atoms with E-state index in [1.165, 1.54) is 0 Å². The smallest absolute Gasteiger partial charge is 0.379 e. The minimum Gasteiger partial charge on any atom is -0.460 e. The van der Waals surface area contributed by atoms with Gasteiger partial charge in [0.1, 0.15) is 135 Å². The predicted molar refractivity (Wildman–Crippen MR) is 211 cm³/mol. The second-order valence-corrected chi connectivity index (χ2v) is 16.1. The molecule has 0 aliphatic carbocycles. The van der Waals surface area contributed by atoms with Crippen molar-refractivity contribution in [3.8, 4) is 0 Å². The Balaban J connectivity index is 3.56. The number of rotatable bonds is 32. The molecule has 0 saturated carbocycles. The Labute approximate surface area is 401 Å². The Hall–Kier alpha value is -3.53. The van der Waals surface area contributed by atoms with E-state index in [2.05, 4.69) is 14.2 Å². The highest BCUT2D eigenvalue weighted by molar-refractivity contribution is 6.37. The zero-order chi connectivity index (χ0) is 56.1. The summed E-state index contributed by atoms with van der Waals surface area (Å²) in [5.74, 6) is -10.9. The number of carbonyl (C=O) groups is 5. The Morgan fingerprint density at radius 3 is 0.958 bits per heavy atom. The molecule has 1 rings (SSSR count). The number of ether oxygens (including phenoxy) is 4. The first-order valence-corrected chi connectivity index (χ1v) is 20.7. The molecule has 0 radical (unpaired) electrons. The molecule has 0 spiro atoms. The van der Waals surface area contributed by atoms with Crippen LogP contribution in [0, 0.1) is 0 Å². The number of aliphatic hydroxyl groups excluding tert-OH is 27. The fourth-order valence-electron chi connectivity index (χ4n) is 6.17. The van der Waals surface area contributed by atoms with Crippen LogP contribution < -0.4 is 0 Å². The Kier molecular flexibility index (Phi) is 27.3. The molecule has 1 aliphatic heterocycles. The van der Waals surface area contributed by atoms with Crippen molar-refractivity contribution in [3.63, 3.8) is 0 Å². The van der Waals surface area contributed by atoms with Crippen molar-refractivity contribution < 1.29 is 181 Å². The van der Waals surface area contributed by atoms with Gasteiger partial charge in [0.25, 0.3) is 5.78 Å². The molecule has 0 aromatic rings. The maximum Gasteiger partial charge on any atom is 0.379 e. The van der Waals surface area contributed by atoms with Gasteiger partial charge in [0.05, 0.1) is 19.8 Å². The Morgan fingerprint density at radius 2 is 0.653 bits per heavy atom. The van der Waals surface area contributed by atoms with Gasteiger partial charge in [-0.1, -0.05) is 0 Å². The number of esters is 4. The molecule has 1 fully saturated rings. The second-order valence-electron chi connectivity index (χ2n) is 16.1. The lowest BCUT2D eigenvalue weighted by atomic mass is 9.93. The van der Waals surface area contributed by atoms with Crippen molar-refractivity contribution in [2.24, 2.45) is 0 Å². The van der Waals surface area contributed by atoms with Gasteiger partial charge in [-0.15, -0.1) is 0 Å². The lowest BCUT2D eigenvalue weighted by molar-refractivity contribution is -0.204. The molecule has 0 aromatic heterocycles. The summed E-state index contributed by atoms with van der Waals surface area (Å²) in [4.78, 5) is 64.4. The standard InChI is InChI=1S/C36H62O36/c37-1-5(40)9(43)12(46)15(49)18(52)21(55)24(58)27(61)33(65)69-4-8(70-34(66)28(62)25(59)22(56)19(53)16(50)13(47)10(44)6(41)2-38)31-32(30(64)36(68)71-31)72-35(67)29(63)26(60)23(57)20(54)17(51)14(48)11(45)7(42)3-39/h5-29,31-32,37-63H,1-4H2/t5?,6?,7?,8-,9?,10?,11?,12?,13?,14?,15?,16?,17?,18?,19?,20?,21?,22?,23?,24?,25?,26?,27?,28?,29?,31+,32?/m0/s1. The largest absolute Gasteiger partial charge is 0.460 e. The summed E-state index contributed by atoms with van der Waals surface area (Å²) in [6.45, 7) is -5.49. The molecule has 1 aliphatic rings. The molecule has 36 heteroatoms. The Morgan fingerprint density at radius 1 is 0.389 bits per heavy atom. The Bertz CT molecular complexity index is 1690. The monoisotopic (exact) mass is 1070 g/mol. The van der Waals surface area contributed by atoms with Crippen molar-refractivity contribution in [3.05, 3.63) is 0 Å². The zero-order valence-corrected chi connectivity index (χ0v) is 36.7. The van der Waals surface area contributed by atoms with E-state index in [9.17, 15) is 147 Å². The van der Waals surface area contributed by atoms with Gasteiger partial charge in [0.15, 0.2) is 30.5 Å². The van der Waals surface area contributed by atoms with Crippen molar-refractivity contribution >= 4 is 29.7 Å². The lowest BCUT2D eigenvalue weighted by Gasteiger charge is -2.33. The van der Waals surface area contributed by atoms with E-state index in [1.54, 1.807) is 0 Å². The van der Waals surface area contributed by atoms with E-state index in [0.29, 0.717) is 0 Å². The van der Waals surface area contributed by atoms with Crippen LogP contribution in [0.2, 0.25) is 0 Å². The molecule has 25 unspecified atom stereocenters. The fraction of sp³-hybridized carbons (Fsp3) is 0.861. The van der Waals surface area contributed by atoms with Gasteiger partial charge in [-0.25, -0.2) is 19.2 Å². The van der Waals surface area contributed by atoms with E-state index in [-0.39, 0.29) is 0 Å². The van der Waals surface area contributed by atoms with E-state index < -0.39 is 221 Å². The van der Waals surface area contributed by atoms with Gasteiger partial charge in [0, 0.05) is 0 Å². The molecule has 36 nitrogen and oxygen atoms in total. The molecule has 0 amide bonds. The van der Waals surface area contributed by atoms with Crippen LogP contribution in [0.25, 0.3) is 0 Å². The third-order valence-corrected chi connectivity index (χ3v) is 11.0. The fourth-order valence-corrected chi connectivity index (χ4v) is 6.17. The molecule has 422 valence electrons. The summed E-state index contributed by atoms with van der Waals surface area (Å²) in [6.07, 6.45) is -74.7. The number of carbonyl (C=O) groups excluding carboxylic acids is 5.